The van der Waals surface area contributed by atoms with E-state index in [1.165, 1.54) is 0 Å². The highest BCUT2D eigenvalue weighted by molar-refractivity contribution is 7.07. The first-order valence-electron chi connectivity index (χ1n) is 5.98. The van der Waals surface area contributed by atoms with E-state index in [0.29, 0.717) is 6.42 Å². The molecule has 0 aliphatic rings. The molecule has 0 unspecified atom stereocenters. The molecular formula is C15H12N2OS. The standard InChI is InChI=1S/C15H12N2OS/c18-15-13(8-11-6-7-19-10-11)9-14(16-17-15)12-4-2-1-3-5-12/h1-7,9-10H,8H2,(H,17,18). The first-order chi connectivity index (χ1) is 9.33. The Kier molecular flexibility index (Phi) is 3.25. The molecule has 2 heterocycles. The number of H-pyrrole nitrogens is 1. The molecule has 0 aliphatic heterocycles. The normalized spacial score (nSPS) is 10.5. The maximum absolute atomic E-state index is 11.8. The van der Waals surface area contributed by atoms with Crippen LogP contribution in [0.1, 0.15) is 11.1 Å². The van der Waals surface area contributed by atoms with E-state index in [4.69, 9.17) is 0 Å². The van der Waals surface area contributed by atoms with Crippen molar-refractivity contribution in [2.45, 2.75) is 6.42 Å². The van der Waals surface area contributed by atoms with Crippen molar-refractivity contribution >= 4 is 11.3 Å². The Morgan fingerprint density at radius 2 is 2.00 bits per heavy atom. The molecule has 0 radical (unpaired) electrons. The zero-order chi connectivity index (χ0) is 13.1. The van der Waals surface area contributed by atoms with Gasteiger partial charge in [0.25, 0.3) is 5.56 Å². The highest BCUT2D eigenvalue weighted by atomic mass is 32.1. The van der Waals surface area contributed by atoms with E-state index in [1.807, 2.05) is 47.8 Å². The number of rotatable bonds is 3. The summed E-state index contributed by atoms with van der Waals surface area (Å²) >= 11 is 1.64. The summed E-state index contributed by atoms with van der Waals surface area (Å²) in [5.41, 5.74) is 3.58. The molecule has 4 heteroatoms. The molecule has 19 heavy (non-hydrogen) atoms. The maximum Gasteiger partial charge on any atom is 0.267 e. The van der Waals surface area contributed by atoms with Gasteiger partial charge in [-0.25, -0.2) is 5.10 Å². The van der Waals surface area contributed by atoms with Gasteiger partial charge >= 0.3 is 0 Å². The van der Waals surface area contributed by atoms with E-state index in [1.54, 1.807) is 11.3 Å². The van der Waals surface area contributed by atoms with Crippen molar-refractivity contribution in [3.63, 3.8) is 0 Å². The molecular weight excluding hydrogens is 256 g/mol. The number of thiophene rings is 1. The minimum atomic E-state index is -0.120. The third-order valence-electron chi connectivity index (χ3n) is 2.92. The third kappa shape index (κ3) is 2.63. The monoisotopic (exact) mass is 268 g/mol. The molecule has 0 saturated heterocycles. The number of nitrogens with one attached hydrogen (secondary N) is 1. The highest BCUT2D eigenvalue weighted by Crippen LogP contribution is 2.17. The van der Waals surface area contributed by atoms with Crippen molar-refractivity contribution in [2.75, 3.05) is 0 Å². The molecule has 1 aromatic carbocycles. The maximum atomic E-state index is 11.8. The fraction of sp³-hybridized carbons (Fsp3) is 0.0667. The molecule has 0 saturated carbocycles. The molecule has 3 nitrogen and oxygen atoms in total. The molecule has 0 fully saturated rings. The van der Waals surface area contributed by atoms with Crippen molar-refractivity contribution in [1.82, 2.24) is 10.2 Å². The van der Waals surface area contributed by atoms with Crippen LogP contribution >= 0.6 is 11.3 Å². The smallest absolute Gasteiger partial charge is 0.267 e. The summed E-state index contributed by atoms with van der Waals surface area (Å²) in [6, 6.07) is 13.7. The van der Waals surface area contributed by atoms with Crippen molar-refractivity contribution in [2.24, 2.45) is 0 Å². The van der Waals surface area contributed by atoms with Crippen LogP contribution < -0.4 is 5.56 Å². The summed E-state index contributed by atoms with van der Waals surface area (Å²) in [4.78, 5) is 11.8. The Hall–Kier alpha value is -2.20. The number of hydrogen-bond acceptors (Lipinski definition) is 3. The molecule has 2 aromatic heterocycles. The summed E-state index contributed by atoms with van der Waals surface area (Å²) in [6.45, 7) is 0. The molecule has 0 atom stereocenters. The zero-order valence-corrected chi connectivity index (χ0v) is 11.0. The van der Waals surface area contributed by atoms with Crippen LogP contribution in [0.15, 0.2) is 58.0 Å². The number of hydrogen-bond donors (Lipinski definition) is 1. The van der Waals surface area contributed by atoms with E-state index < -0.39 is 0 Å². The van der Waals surface area contributed by atoms with Gasteiger partial charge in [-0.05, 0) is 28.5 Å². The first-order valence-corrected chi connectivity index (χ1v) is 6.92. The van der Waals surface area contributed by atoms with Gasteiger partial charge < -0.3 is 0 Å². The van der Waals surface area contributed by atoms with Crippen LogP contribution in [0.4, 0.5) is 0 Å². The number of aromatic amines is 1. The van der Waals surface area contributed by atoms with Gasteiger partial charge in [-0.3, -0.25) is 4.79 Å². The predicted octanol–water partition coefficient (Wildman–Crippen LogP) is 3.09. The van der Waals surface area contributed by atoms with Gasteiger partial charge in [0.05, 0.1) is 5.69 Å². The second-order valence-electron chi connectivity index (χ2n) is 4.28. The zero-order valence-electron chi connectivity index (χ0n) is 10.2. The lowest BCUT2D eigenvalue weighted by atomic mass is 10.1. The second-order valence-corrected chi connectivity index (χ2v) is 5.06. The Bertz CT molecular complexity index is 717. The van der Waals surface area contributed by atoms with E-state index >= 15 is 0 Å². The summed E-state index contributed by atoms with van der Waals surface area (Å²) in [5, 5.41) is 10.8. The third-order valence-corrected chi connectivity index (χ3v) is 3.66. The summed E-state index contributed by atoms with van der Waals surface area (Å²) < 4.78 is 0. The summed E-state index contributed by atoms with van der Waals surface area (Å²) in [7, 11) is 0. The Morgan fingerprint density at radius 3 is 2.74 bits per heavy atom. The summed E-state index contributed by atoms with van der Waals surface area (Å²) in [6.07, 6.45) is 0.640. The van der Waals surface area contributed by atoms with Crippen LogP contribution in [0.5, 0.6) is 0 Å². The van der Waals surface area contributed by atoms with Gasteiger partial charge in [0.2, 0.25) is 0 Å². The molecule has 3 aromatic rings. The predicted molar refractivity (Wildman–Crippen MR) is 77.4 cm³/mol. The lowest BCUT2D eigenvalue weighted by Gasteiger charge is -2.03. The minimum Gasteiger partial charge on any atom is -0.268 e. The molecule has 0 amide bonds. The van der Waals surface area contributed by atoms with Gasteiger partial charge in [0.1, 0.15) is 0 Å². The number of aromatic nitrogens is 2. The number of benzene rings is 1. The lowest BCUT2D eigenvalue weighted by molar-refractivity contribution is 0.956. The fourth-order valence-electron chi connectivity index (χ4n) is 1.95. The molecule has 0 spiro atoms. The topological polar surface area (TPSA) is 45.8 Å². The minimum absolute atomic E-state index is 0.120. The number of nitrogens with zero attached hydrogens (tertiary/aromatic N) is 1. The Labute approximate surface area is 114 Å². The van der Waals surface area contributed by atoms with Crippen LogP contribution in [0, 0.1) is 0 Å². The van der Waals surface area contributed by atoms with Crippen molar-refractivity contribution < 1.29 is 0 Å². The quantitative estimate of drug-likeness (QED) is 0.793. The highest BCUT2D eigenvalue weighted by Gasteiger charge is 2.06. The van der Waals surface area contributed by atoms with E-state index in [2.05, 4.69) is 15.6 Å². The molecule has 0 bridgehead atoms. The van der Waals surface area contributed by atoms with Gasteiger partial charge in [0.15, 0.2) is 0 Å². The van der Waals surface area contributed by atoms with Crippen LogP contribution in [0.25, 0.3) is 11.3 Å². The van der Waals surface area contributed by atoms with Crippen LogP contribution in [-0.2, 0) is 6.42 Å². The average Bonchev–Trinajstić information content (AvgIpc) is 2.95. The molecule has 3 rings (SSSR count). The van der Waals surface area contributed by atoms with Gasteiger partial charge in [0, 0.05) is 17.5 Å². The summed E-state index contributed by atoms with van der Waals surface area (Å²) in [5.74, 6) is 0. The Morgan fingerprint density at radius 1 is 1.16 bits per heavy atom. The van der Waals surface area contributed by atoms with Crippen LogP contribution in [-0.4, -0.2) is 10.2 Å². The van der Waals surface area contributed by atoms with Crippen molar-refractivity contribution in [1.29, 1.82) is 0 Å². The van der Waals surface area contributed by atoms with Gasteiger partial charge in [-0.15, -0.1) is 0 Å². The van der Waals surface area contributed by atoms with Crippen LogP contribution in [0.3, 0.4) is 0 Å². The second kappa shape index (κ2) is 5.20. The van der Waals surface area contributed by atoms with Gasteiger partial charge in [-0.1, -0.05) is 30.3 Å². The average molecular weight is 268 g/mol. The van der Waals surface area contributed by atoms with E-state index in [9.17, 15) is 4.79 Å². The SMILES string of the molecule is O=c1[nH]nc(-c2ccccc2)cc1Cc1ccsc1. The van der Waals surface area contributed by atoms with Crippen molar-refractivity contribution in [3.8, 4) is 11.3 Å². The molecule has 94 valence electrons. The first kappa shape index (κ1) is 11.9. The Balaban J connectivity index is 1.99. The fourth-order valence-corrected chi connectivity index (χ4v) is 2.62. The van der Waals surface area contributed by atoms with E-state index in [0.717, 1.165) is 22.4 Å². The molecule has 0 aliphatic carbocycles. The largest absolute Gasteiger partial charge is 0.268 e. The van der Waals surface area contributed by atoms with Gasteiger partial charge in [-0.2, -0.15) is 16.4 Å². The lowest BCUT2D eigenvalue weighted by Crippen LogP contribution is -2.14. The van der Waals surface area contributed by atoms with E-state index in [-0.39, 0.29) is 5.56 Å². The van der Waals surface area contributed by atoms with Crippen molar-refractivity contribution in [3.05, 3.63) is 74.7 Å². The van der Waals surface area contributed by atoms with Crippen LogP contribution in [0.2, 0.25) is 0 Å². The molecule has 1 N–H and O–H groups in total.